The Kier molecular flexibility index (Phi) is 5.71. The molecule has 1 aliphatic heterocycles. The number of hydrogen-bond donors (Lipinski definition) is 1. The lowest BCUT2D eigenvalue weighted by molar-refractivity contribution is 0.171. The van der Waals surface area contributed by atoms with Gasteiger partial charge in [0.05, 0.1) is 0 Å². The Balaban J connectivity index is 1.71. The highest BCUT2D eigenvalue weighted by molar-refractivity contribution is 5.56. The van der Waals surface area contributed by atoms with Gasteiger partial charge in [0, 0.05) is 55.7 Å². The van der Waals surface area contributed by atoms with Gasteiger partial charge in [-0.3, -0.25) is 4.79 Å². The van der Waals surface area contributed by atoms with Crippen molar-refractivity contribution in [1.29, 1.82) is 0 Å². The monoisotopic (exact) mass is 355 g/mol. The number of aromatic nitrogens is 3. The maximum atomic E-state index is 11.8. The average molecular weight is 355 g/mol. The van der Waals surface area contributed by atoms with Gasteiger partial charge >= 0.3 is 0 Å². The summed E-state index contributed by atoms with van der Waals surface area (Å²) in [6.45, 7) is 8.79. The van der Waals surface area contributed by atoms with Gasteiger partial charge in [-0.1, -0.05) is 6.92 Å². The van der Waals surface area contributed by atoms with Crippen molar-refractivity contribution in [3.63, 3.8) is 0 Å². The minimum absolute atomic E-state index is 0.120. The van der Waals surface area contributed by atoms with Crippen LogP contribution in [0.3, 0.4) is 0 Å². The molecule has 0 unspecified atom stereocenters. The van der Waals surface area contributed by atoms with Crippen LogP contribution in [0.4, 0.5) is 5.82 Å². The van der Waals surface area contributed by atoms with Crippen LogP contribution in [0.25, 0.3) is 11.4 Å². The van der Waals surface area contributed by atoms with Crippen LogP contribution in [0.2, 0.25) is 0 Å². The molecule has 0 aromatic carbocycles. The third kappa shape index (κ3) is 4.12. The van der Waals surface area contributed by atoms with Gasteiger partial charge in [-0.05, 0) is 45.2 Å². The number of likely N-dealkylation sites (tertiary alicyclic amines) is 1. The standard InChI is InChI=1S/C20H29N5O/c1-5-16-12-19(26)23-20(22-16)15-6-7-18(21-13-15)24(4)17-8-10-25(11-9-17)14(2)3/h6-7,12-14,17H,5,8-11H2,1-4H3,(H,22,23,26). The zero-order valence-electron chi connectivity index (χ0n) is 16.2. The molecule has 140 valence electrons. The number of anilines is 1. The molecule has 2 aromatic rings. The number of rotatable bonds is 5. The van der Waals surface area contributed by atoms with Gasteiger partial charge in [-0.15, -0.1) is 0 Å². The lowest BCUT2D eigenvalue weighted by Crippen LogP contribution is -2.45. The highest BCUT2D eigenvalue weighted by atomic mass is 16.1. The summed E-state index contributed by atoms with van der Waals surface area (Å²) in [7, 11) is 2.12. The number of piperidine rings is 1. The third-order valence-corrected chi connectivity index (χ3v) is 5.32. The number of nitrogens with one attached hydrogen (secondary N) is 1. The molecule has 0 spiro atoms. The first-order valence-electron chi connectivity index (χ1n) is 9.51. The van der Waals surface area contributed by atoms with Crippen molar-refractivity contribution >= 4 is 5.82 Å². The average Bonchev–Trinajstić information content (AvgIpc) is 2.67. The molecule has 6 heteroatoms. The molecule has 26 heavy (non-hydrogen) atoms. The van der Waals surface area contributed by atoms with Crippen molar-refractivity contribution < 1.29 is 0 Å². The van der Waals surface area contributed by atoms with E-state index in [1.165, 1.54) is 0 Å². The Morgan fingerprint density at radius 1 is 1.31 bits per heavy atom. The number of pyridine rings is 1. The molecule has 3 heterocycles. The second kappa shape index (κ2) is 7.99. The smallest absolute Gasteiger partial charge is 0.251 e. The van der Waals surface area contributed by atoms with Crippen LogP contribution in [0.1, 0.15) is 39.3 Å². The first-order valence-corrected chi connectivity index (χ1v) is 9.51. The zero-order valence-corrected chi connectivity index (χ0v) is 16.2. The summed E-state index contributed by atoms with van der Waals surface area (Å²) in [6.07, 6.45) is 4.85. The molecule has 0 aliphatic carbocycles. The van der Waals surface area contributed by atoms with E-state index in [9.17, 15) is 4.79 Å². The fourth-order valence-electron chi connectivity index (χ4n) is 3.54. The van der Waals surface area contributed by atoms with Crippen LogP contribution in [0.5, 0.6) is 0 Å². The molecule has 1 fully saturated rings. The van der Waals surface area contributed by atoms with Gasteiger partial charge in [0.25, 0.3) is 5.56 Å². The normalized spacial score (nSPS) is 16.2. The van der Waals surface area contributed by atoms with Crippen LogP contribution < -0.4 is 10.5 Å². The van der Waals surface area contributed by atoms with E-state index in [4.69, 9.17) is 0 Å². The second-order valence-electron chi connectivity index (χ2n) is 7.32. The Labute approximate surface area is 155 Å². The van der Waals surface area contributed by atoms with Gasteiger partial charge in [-0.25, -0.2) is 9.97 Å². The van der Waals surface area contributed by atoms with Crippen LogP contribution in [-0.4, -0.2) is 52.1 Å². The minimum atomic E-state index is -0.120. The molecule has 1 N–H and O–H groups in total. The summed E-state index contributed by atoms with van der Waals surface area (Å²) in [6, 6.07) is 6.68. The molecule has 0 amide bonds. The van der Waals surface area contributed by atoms with E-state index < -0.39 is 0 Å². The summed E-state index contributed by atoms with van der Waals surface area (Å²) >= 11 is 0. The Bertz CT molecular complexity index is 776. The van der Waals surface area contributed by atoms with Crippen LogP contribution in [0, 0.1) is 0 Å². The summed E-state index contributed by atoms with van der Waals surface area (Å²) in [5.41, 5.74) is 1.51. The Hall–Kier alpha value is -2.21. The molecular weight excluding hydrogens is 326 g/mol. The van der Waals surface area contributed by atoms with Crippen molar-refractivity contribution in [2.45, 2.75) is 52.1 Å². The summed E-state index contributed by atoms with van der Waals surface area (Å²) < 4.78 is 0. The number of nitrogens with zero attached hydrogens (tertiary/aromatic N) is 4. The Morgan fingerprint density at radius 3 is 2.62 bits per heavy atom. The van der Waals surface area contributed by atoms with Crippen molar-refractivity contribution in [2.75, 3.05) is 25.0 Å². The third-order valence-electron chi connectivity index (χ3n) is 5.32. The topological polar surface area (TPSA) is 65.1 Å². The number of H-pyrrole nitrogens is 1. The highest BCUT2D eigenvalue weighted by Gasteiger charge is 2.24. The number of aromatic amines is 1. The molecule has 1 aliphatic rings. The van der Waals surface area contributed by atoms with Gasteiger partial charge in [0.15, 0.2) is 0 Å². The SMILES string of the molecule is CCc1cc(=O)[nH]c(-c2ccc(N(C)C3CCN(C(C)C)CC3)nc2)n1. The van der Waals surface area contributed by atoms with Gasteiger partial charge in [-0.2, -0.15) is 0 Å². The molecule has 0 bridgehead atoms. The van der Waals surface area contributed by atoms with Crippen molar-refractivity contribution in [3.05, 3.63) is 40.4 Å². The quantitative estimate of drug-likeness (QED) is 0.893. The van der Waals surface area contributed by atoms with E-state index >= 15 is 0 Å². The van der Waals surface area contributed by atoms with E-state index in [1.807, 2.05) is 19.1 Å². The molecule has 0 atom stereocenters. The molecule has 2 aromatic heterocycles. The summed E-state index contributed by atoms with van der Waals surface area (Å²) in [5, 5.41) is 0. The summed E-state index contributed by atoms with van der Waals surface area (Å²) in [5.74, 6) is 1.55. The van der Waals surface area contributed by atoms with Crippen LogP contribution >= 0.6 is 0 Å². The maximum absolute atomic E-state index is 11.8. The van der Waals surface area contributed by atoms with Gasteiger partial charge in [0.1, 0.15) is 11.6 Å². The fraction of sp³-hybridized carbons (Fsp3) is 0.550. The predicted octanol–water partition coefficient (Wildman–Crippen LogP) is 2.70. The van der Waals surface area contributed by atoms with Crippen molar-refractivity contribution in [3.8, 4) is 11.4 Å². The van der Waals surface area contributed by atoms with Crippen LogP contribution in [-0.2, 0) is 6.42 Å². The predicted molar refractivity (Wildman–Crippen MR) is 106 cm³/mol. The molecule has 3 rings (SSSR count). The first-order chi connectivity index (χ1) is 12.5. The van der Waals surface area contributed by atoms with E-state index in [1.54, 1.807) is 12.3 Å². The molecular formula is C20H29N5O. The highest BCUT2D eigenvalue weighted by Crippen LogP contribution is 2.23. The fourth-order valence-corrected chi connectivity index (χ4v) is 3.54. The van der Waals surface area contributed by atoms with E-state index in [0.717, 1.165) is 49.4 Å². The minimum Gasteiger partial charge on any atom is -0.357 e. The largest absolute Gasteiger partial charge is 0.357 e. The number of hydrogen-bond acceptors (Lipinski definition) is 5. The maximum Gasteiger partial charge on any atom is 0.251 e. The van der Waals surface area contributed by atoms with Crippen molar-refractivity contribution in [1.82, 2.24) is 19.9 Å². The summed E-state index contributed by atoms with van der Waals surface area (Å²) in [4.78, 5) is 28.5. The molecule has 6 nitrogen and oxygen atoms in total. The molecule has 0 saturated carbocycles. The Morgan fingerprint density at radius 2 is 2.04 bits per heavy atom. The van der Waals surface area contributed by atoms with Gasteiger partial charge in [0.2, 0.25) is 0 Å². The van der Waals surface area contributed by atoms with E-state index in [2.05, 4.69) is 45.6 Å². The molecule has 0 radical (unpaired) electrons. The van der Waals surface area contributed by atoms with E-state index in [-0.39, 0.29) is 5.56 Å². The van der Waals surface area contributed by atoms with E-state index in [0.29, 0.717) is 17.9 Å². The molecule has 1 saturated heterocycles. The number of aryl methyl sites for hydroxylation is 1. The zero-order chi connectivity index (χ0) is 18.7. The lowest BCUT2D eigenvalue weighted by atomic mass is 10.0. The first kappa shape index (κ1) is 18.6. The van der Waals surface area contributed by atoms with Gasteiger partial charge < -0.3 is 14.8 Å². The van der Waals surface area contributed by atoms with Crippen molar-refractivity contribution in [2.24, 2.45) is 0 Å². The van der Waals surface area contributed by atoms with Crippen LogP contribution in [0.15, 0.2) is 29.2 Å². The second-order valence-corrected chi connectivity index (χ2v) is 7.32. The lowest BCUT2D eigenvalue weighted by Gasteiger charge is -2.39.